The maximum Gasteiger partial charge on any atom is 0.132 e. The summed E-state index contributed by atoms with van der Waals surface area (Å²) >= 11 is 0. The monoisotopic (exact) mass is 199 g/mol. The van der Waals surface area contributed by atoms with Gasteiger partial charge in [-0.1, -0.05) is 5.16 Å². The van der Waals surface area contributed by atoms with Crippen molar-refractivity contribution >= 4 is 6.21 Å². The Balaban J connectivity index is 2.79. The first-order valence-corrected chi connectivity index (χ1v) is 5.55. The fraction of sp³-hybridized carbons (Fsp3) is 0.909. The van der Waals surface area contributed by atoms with Crippen LogP contribution in [-0.4, -0.2) is 41.6 Å². The summed E-state index contributed by atoms with van der Waals surface area (Å²) in [5.74, 6) is 0. The molecule has 82 valence electrons. The lowest BCUT2D eigenvalue weighted by Crippen LogP contribution is -2.60. The molecule has 1 aliphatic rings. The Morgan fingerprint density at radius 2 is 1.64 bits per heavy atom. The van der Waals surface area contributed by atoms with Crippen LogP contribution in [0.4, 0.5) is 0 Å². The van der Waals surface area contributed by atoms with Gasteiger partial charge in [0.15, 0.2) is 0 Å². The van der Waals surface area contributed by atoms with Gasteiger partial charge in [0.25, 0.3) is 0 Å². The van der Waals surface area contributed by atoms with E-state index in [2.05, 4.69) is 26.1 Å². The van der Waals surface area contributed by atoms with Crippen molar-refractivity contribution in [3.63, 3.8) is 0 Å². The zero-order valence-electron chi connectivity index (χ0n) is 9.66. The van der Waals surface area contributed by atoms with E-state index >= 15 is 0 Å². The van der Waals surface area contributed by atoms with Crippen molar-refractivity contribution in [2.45, 2.75) is 45.1 Å². The largest absolute Gasteiger partial charge is 0.411 e. The van der Waals surface area contributed by atoms with Gasteiger partial charge in [0, 0.05) is 0 Å². The highest BCUT2D eigenvalue weighted by Gasteiger charge is 2.39. The minimum absolute atomic E-state index is 0.0565. The van der Waals surface area contributed by atoms with Crippen LogP contribution in [0.2, 0.25) is 0 Å². The molecule has 0 aliphatic carbocycles. The van der Waals surface area contributed by atoms with Gasteiger partial charge in [0.1, 0.15) is 11.8 Å². The minimum atomic E-state index is -0.0565. The smallest absolute Gasteiger partial charge is 0.132 e. The molecule has 1 fully saturated rings. The van der Waals surface area contributed by atoms with E-state index in [0.29, 0.717) is 0 Å². The number of hydrogen-bond donors (Lipinski definition) is 1. The molecule has 0 aromatic rings. The van der Waals surface area contributed by atoms with Gasteiger partial charge < -0.3 is 9.69 Å². The highest BCUT2D eigenvalue weighted by atomic mass is 16.4. The van der Waals surface area contributed by atoms with Crippen molar-refractivity contribution in [1.29, 1.82) is 0 Å². The van der Waals surface area contributed by atoms with E-state index < -0.39 is 0 Å². The number of quaternary nitrogens is 1. The number of rotatable bonds is 2. The Morgan fingerprint density at radius 1 is 1.14 bits per heavy atom. The fourth-order valence-electron chi connectivity index (χ4n) is 2.24. The maximum atomic E-state index is 8.68. The van der Waals surface area contributed by atoms with E-state index in [1.165, 1.54) is 38.8 Å². The molecule has 0 aromatic carbocycles. The van der Waals surface area contributed by atoms with Crippen LogP contribution in [0.1, 0.15) is 39.5 Å². The standard InChI is InChI=1S/C11H22N2O/c1-11(2,10-12-14)13(3)8-6-4-5-7-9-13/h10H,4-9H2,1-3H3/p+1. The second-order valence-corrected chi connectivity index (χ2v) is 5.16. The minimum Gasteiger partial charge on any atom is -0.411 e. The van der Waals surface area contributed by atoms with E-state index in [1.54, 1.807) is 6.21 Å². The highest BCUT2D eigenvalue weighted by Crippen LogP contribution is 2.26. The lowest BCUT2D eigenvalue weighted by Gasteiger charge is -2.44. The topological polar surface area (TPSA) is 32.6 Å². The molecular formula is C11H23N2O+. The Hall–Kier alpha value is -0.570. The van der Waals surface area contributed by atoms with Crippen molar-refractivity contribution in [1.82, 2.24) is 0 Å². The molecule has 1 heterocycles. The SMILES string of the molecule is CC(C)(C=NO)[N+]1(C)CCCCCC1. The van der Waals surface area contributed by atoms with E-state index in [-0.39, 0.29) is 5.54 Å². The van der Waals surface area contributed by atoms with Crippen molar-refractivity contribution in [2.24, 2.45) is 5.16 Å². The Labute approximate surface area is 87.0 Å². The van der Waals surface area contributed by atoms with Crippen LogP contribution in [0.3, 0.4) is 0 Å². The third-order valence-electron chi connectivity index (χ3n) is 3.82. The van der Waals surface area contributed by atoms with Gasteiger partial charge >= 0.3 is 0 Å². The second-order valence-electron chi connectivity index (χ2n) is 5.16. The summed E-state index contributed by atoms with van der Waals surface area (Å²) in [4.78, 5) is 0. The summed E-state index contributed by atoms with van der Waals surface area (Å²) in [6, 6.07) is 0. The van der Waals surface area contributed by atoms with Gasteiger partial charge in [-0.3, -0.25) is 0 Å². The van der Waals surface area contributed by atoms with Crippen molar-refractivity contribution < 1.29 is 9.69 Å². The molecule has 1 N–H and O–H groups in total. The molecule has 1 aliphatic heterocycles. The summed E-state index contributed by atoms with van der Waals surface area (Å²) in [6.07, 6.45) is 6.96. The Bertz CT molecular complexity index is 203. The number of nitrogens with zero attached hydrogens (tertiary/aromatic N) is 2. The van der Waals surface area contributed by atoms with E-state index in [9.17, 15) is 0 Å². The maximum absolute atomic E-state index is 8.68. The normalized spacial score (nSPS) is 23.6. The van der Waals surface area contributed by atoms with Crippen molar-refractivity contribution in [3.8, 4) is 0 Å². The summed E-state index contributed by atoms with van der Waals surface area (Å²) in [7, 11) is 2.27. The lowest BCUT2D eigenvalue weighted by molar-refractivity contribution is -0.942. The summed E-state index contributed by atoms with van der Waals surface area (Å²) in [5.41, 5.74) is -0.0565. The molecule has 0 aromatic heterocycles. The summed E-state index contributed by atoms with van der Waals surface area (Å²) < 4.78 is 0.997. The van der Waals surface area contributed by atoms with Gasteiger partial charge in [0.2, 0.25) is 0 Å². The highest BCUT2D eigenvalue weighted by molar-refractivity contribution is 5.66. The lowest BCUT2D eigenvalue weighted by atomic mass is 10.0. The molecule has 0 amide bonds. The molecule has 0 radical (unpaired) electrons. The first-order valence-electron chi connectivity index (χ1n) is 5.55. The second kappa shape index (κ2) is 4.30. The molecular weight excluding hydrogens is 176 g/mol. The average Bonchev–Trinajstić information content (AvgIpc) is 2.31. The van der Waals surface area contributed by atoms with Crippen LogP contribution in [0.25, 0.3) is 0 Å². The quantitative estimate of drug-likeness (QED) is 0.314. The molecule has 0 saturated carbocycles. The van der Waals surface area contributed by atoms with Gasteiger partial charge in [-0.05, 0) is 39.5 Å². The zero-order chi connectivity index (χ0) is 10.7. The molecule has 0 atom stereocenters. The van der Waals surface area contributed by atoms with Gasteiger partial charge in [-0.25, -0.2) is 0 Å². The van der Waals surface area contributed by atoms with E-state index in [4.69, 9.17) is 5.21 Å². The van der Waals surface area contributed by atoms with Crippen LogP contribution in [0.15, 0.2) is 5.16 Å². The van der Waals surface area contributed by atoms with Gasteiger partial charge in [-0.2, -0.15) is 0 Å². The van der Waals surface area contributed by atoms with E-state index in [1.807, 2.05) is 0 Å². The number of hydrogen-bond acceptors (Lipinski definition) is 2. The predicted molar refractivity (Wildman–Crippen MR) is 58.7 cm³/mol. The number of oxime groups is 1. The Kier molecular flexibility index (Phi) is 3.53. The molecule has 3 nitrogen and oxygen atoms in total. The van der Waals surface area contributed by atoms with Gasteiger partial charge in [0.05, 0.1) is 20.1 Å². The predicted octanol–water partition coefficient (Wildman–Crippen LogP) is 2.25. The molecule has 3 heteroatoms. The first kappa shape index (κ1) is 11.5. The van der Waals surface area contributed by atoms with Crippen molar-refractivity contribution in [2.75, 3.05) is 20.1 Å². The Morgan fingerprint density at radius 3 is 2.07 bits per heavy atom. The summed E-state index contributed by atoms with van der Waals surface area (Å²) in [6.45, 7) is 6.69. The fourth-order valence-corrected chi connectivity index (χ4v) is 2.24. The molecule has 0 unspecified atom stereocenters. The van der Waals surface area contributed by atoms with Crippen LogP contribution in [0.5, 0.6) is 0 Å². The molecule has 1 saturated heterocycles. The van der Waals surface area contributed by atoms with Gasteiger partial charge in [-0.15, -0.1) is 0 Å². The van der Waals surface area contributed by atoms with Crippen LogP contribution in [0, 0.1) is 0 Å². The van der Waals surface area contributed by atoms with Crippen LogP contribution < -0.4 is 0 Å². The number of likely N-dealkylation sites (tertiary alicyclic amines) is 1. The molecule has 1 rings (SSSR count). The van der Waals surface area contributed by atoms with Crippen LogP contribution in [-0.2, 0) is 0 Å². The zero-order valence-corrected chi connectivity index (χ0v) is 9.66. The van der Waals surface area contributed by atoms with Crippen LogP contribution >= 0.6 is 0 Å². The van der Waals surface area contributed by atoms with E-state index in [0.717, 1.165) is 4.48 Å². The first-order chi connectivity index (χ1) is 6.52. The molecule has 0 bridgehead atoms. The summed E-state index contributed by atoms with van der Waals surface area (Å²) in [5, 5.41) is 11.9. The molecule has 0 spiro atoms. The van der Waals surface area contributed by atoms with Crippen molar-refractivity contribution in [3.05, 3.63) is 0 Å². The molecule has 14 heavy (non-hydrogen) atoms. The third kappa shape index (κ3) is 2.27. The average molecular weight is 199 g/mol. The third-order valence-corrected chi connectivity index (χ3v) is 3.82.